The largest absolute Gasteiger partial charge is 0.349 e. The number of nitrogens with zero attached hydrogens (tertiary/aromatic N) is 4. The Morgan fingerprint density at radius 1 is 1.11 bits per heavy atom. The van der Waals surface area contributed by atoms with Crippen LogP contribution in [-0.4, -0.2) is 21.5 Å². The van der Waals surface area contributed by atoms with Crippen molar-refractivity contribution in [2.24, 2.45) is 0 Å². The van der Waals surface area contributed by atoms with Crippen LogP contribution in [0.15, 0.2) is 60.5 Å². The Labute approximate surface area is 160 Å². The zero-order chi connectivity index (χ0) is 18.2. The number of rotatable bonds is 3. The molecule has 134 valence electrons. The van der Waals surface area contributed by atoms with E-state index in [4.69, 9.17) is 0 Å². The van der Waals surface area contributed by atoms with Crippen molar-refractivity contribution in [3.8, 4) is 11.1 Å². The average molecular weight is 376 g/mol. The Kier molecular flexibility index (Phi) is 4.05. The summed E-state index contributed by atoms with van der Waals surface area (Å²) < 4.78 is 13.4. The third kappa shape index (κ3) is 2.86. The van der Waals surface area contributed by atoms with Crippen molar-refractivity contribution >= 4 is 27.4 Å². The van der Waals surface area contributed by atoms with Crippen molar-refractivity contribution in [1.29, 1.82) is 0 Å². The van der Waals surface area contributed by atoms with Crippen LogP contribution in [0.25, 0.3) is 21.3 Å². The van der Waals surface area contributed by atoms with Crippen LogP contribution in [0.4, 0.5) is 10.2 Å². The van der Waals surface area contributed by atoms with Crippen molar-refractivity contribution in [2.45, 2.75) is 18.9 Å². The molecule has 1 fully saturated rings. The molecule has 0 N–H and O–H groups in total. The van der Waals surface area contributed by atoms with Gasteiger partial charge in [-0.25, -0.2) is 14.4 Å². The van der Waals surface area contributed by atoms with Gasteiger partial charge in [0.05, 0.1) is 11.4 Å². The lowest BCUT2D eigenvalue weighted by molar-refractivity contribution is 0.628. The van der Waals surface area contributed by atoms with Crippen LogP contribution < -0.4 is 4.90 Å². The second-order valence-corrected chi connectivity index (χ2v) is 7.53. The Balaban J connectivity index is 1.65. The summed E-state index contributed by atoms with van der Waals surface area (Å²) in [6.45, 7) is 0.949. The molecule has 1 aliphatic rings. The van der Waals surface area contributed by atoms with Gasteiger partial charge in [0, 0.05) is 29.9 Å². The van der Waals surface area contributed by atoms with Crippen LogP contribution in [-0.2, 0) is 0 Å². The number of aromatic nitrogens is 3. The molecular weight excluding hydrogens is 359 g/mol. The van der Waals surface area contributed by atoms with Crippen LogP contribution in [0.5, 0.6) is 0 Å². The maximum atomic E-state index is 13.4. The monoisotopic (exact) mass is 376 g/mol. The average Bonchev–Trinajstić information content (AvgIpc) is 3.36. The molecule has 27 heavy (non-hydrogen) atoms. The molecule has 6 heteroatoms. The molecule has 5 rings (SSSR count). The lowest BCUT2D eigenvalue weighted by Gasteiger charge is -2.26. The van der Waals surface area contributed by atoms with Crippen LogP contribution in [0.1, 0.15) is 24.4 Å². The first-order valence-corrected chi connectivity index (χ1v) is 9.84. The third-order valence-corrected chi connectivity index (χ3v) is 5.99. The Morgan fingerprint density at radius 2 is 2.00 bits per heavy atom. The first-order chi connectivity index (χ1) is 13.3. The zero-order valence-corrected chi connectivity index (χ0v) is 15.4. The smallest absolute Gasteiger partial charge is 0.141 e. The maximum Gasteiger partial charge on any atom is 0.141 e. The predicted octanol–water partition coefficient (Wildman–Crippen LogP) is 5.23. The van der Waals surface area contributed by atoms with Crippen LogP contribution in [0.3, 0.4) is 0 Å². The van der Waals surface area contributed by atoms with Crippen molar-refractivity contribution < 1.29 is 4.39 Å². The summed E-state index contributed by atoms with van der Waals surface area (Å²) in [5.41, 5.74) is 3.25. The summed E-state index contributed by atoms with van der Waals surface area (Å²) in [5, 5.41) is 3.13. The molecule has 0 bridgehead atoms. The number of benzene rings is 1. The molecule has 1 atom stereocenters. The maximum absolute atomic E-state index is 13.4. The zero-order valence-electron chi connectivity index (χ0n) is 14.5. The van der Waals surface area contributed by atoms with Gasteiger partial charge in [0.15, 0.2) is 0 Å². The van der Waals surface area contributed by atoms with Crippen LogP contribution >= 0.6 is 11.3 Å². The summed E-state index contributed by atoms with van der Waals surface area (Å²) in [7, 11) is 0. The molecule has 4 aromatic rings. The molecule has 4 heterocycles. The van der Waals surface area contributed by atoms with E-state index in [1.807, 2.05) is 24.4 Å². The summed E-state index contributed by atoms with van der Waals surface area (Å²) in [6, 6.07) is 11.0. The van der Waals surface area contributed by atoms with E-state index in [2.05, 4.69) is 31.3 Å². The summed E-state index contributed by atoms with van der Waals surface area (Å²) >= 11 is 1.60. The topological polar surface area (TPSA) is 41.9 Å². The van der Waals surface area contributed by atoms with Gasteiger partial charge in [-0.1, -0.05) is 18.2 Å². The molecule has 0 aliphatic carbocycles. The highest BCUT2D eigenvalue weighted by Crippen LogP contribution is 2.42. The van der Waals surface area contributed by atoms with E-state index in [0.29, 0.717) is 0 Å². The van der Waals surface area contributed by atoms with E-state index >= 15 is 0 Å². The minimum atomic E-state index is -0.231. The standard InChI is InChI=1S/C21H17FN4S/c22-16-7-5-14(6-8-16)17-12-27-21-19(17)20(24-13-25-21)26-10-2-4-18(26)15-3-1-9-23-11-15/h1,3,5-9,11-13,18H,2,4,10H2/t18-/m1/s1. The second-order valence-electron chi connectivity index (χ2n) is 6.67. The van der Waals surface area contributed by atoms with E-state index in [9.17, 15) is 4.39 Å². The third-order valence-electron chi connectivity index (χ3n) is 5.10. The Bertz CT molecular complexity index is 1080. The van der Waals surface area contributed by atoms with Crippen molar-refractivity contribution in [3.63, 3.8) is 0 Å². The number of fused-ring (bicyclic) bond motifs is 1. The van der Waals surface area contributed by atoms with Gasteiger partial charge in [0.2, 0.25) is 0 Å². The Morgan fingerprint density at radius 3 is 2.81 bits per heavy atom. The molecule has 1 aliphatic heterocycles. The fourth-order valence-corrected chi connectivity index (χ4v) is 4.77. The van der Waals surface area contributed by atoms with Crippen LogP contribution in [0, 0.1) is 5.82 Å². The highest BCUT2D eigenvalue weighted by atomic mass is 32.1. The molecule has 0 amide bonds. The number of pyridine rings is 1. The first kappa shape index (κ1) is 16.3. The molecular formula is C21H17FN4S. The second kappa shape index (κ2) is 6.70. The fourth-order valence-electron chi connectivity index (χ4n) is 3.86. The summed E-state index contributed by atoms with van der Waals surface area (Å²) in [6.07, 6.45) is 7.57. The van der Waals surface area contributed by atoms with E-state index in [1.165, 1.54) is 17.7 Å². The highest BCUT2D eigenvalue weighted by Gasteiger charge is 2.29. The number of halogens is 1. The van der Waals surface area contributed by atoms with Gasteiger partial charge in [0.25, 0.3) is 0 Å². The molecule has 0 spiro atoms. The SMILES string of the molecule is Fc1ccc(-c2csc3ncnc(N4CCC[C@@H]4c4cccnc4)c23)cc1. The van der Waals surface area contributed by atoms with E-state index in [1.54, 1.807) is 23.9 Å². The van der Waals surface area contributed by atoms with Crippen molar-refractivity contribution in [2.75, 3.05) is 11.4 Å². The van der Waals surface area contributed by atoms with Gasteiger partial charge < -0.3 is 4.90 Å². The van der Waals surface area contributed by atoms with Gasteiger partial charge >= 0.3 is 0 Å². The van der Waals surface area contributed by atoms with Gasteiger partial charge in [-0.05, 0) is 42.2 Å². The molecule has 1 aromatic carbocycles. The van der Waals surface area contributed by atoms with Gasteiger partial charge in [-0.15, -0.1) is 11.3 Å². The molecule has 0 radical (unpaired) electrons. The number of anilines is 1. The van der Waals surface area contributed by atoms with Crippen molar-refractivity contribution in [3.05, 3.63) is 71.9 Å². The summed E-state index contributed by atoms with van der Waals surface area (Å²) in [4.78, 5) is 16.7. The highest BCUT2D eigenvalue weighted by molar-refractivity contribution is 7.17. The molecule has 1 saturated heterocycles. The minimum Gasteiger partial charge on any atom is -0.349 e. The number of thiophene rings is 1. The summed E-state index contributed by atoms with van der Waals surface area (Å²) in [5.74, 6) is 0.720. The number of hydrogen-bond donors (Lipinski definition) is 0. The lowest BCUT2D eigenvalue weighted by atomic mass is 10.0. The van der Waals surface area contributed by atoms with Crippen LogP contribution in [0.2, 0.25) is 0 Å². The molecule has 0 saturated carbocycles. The normalized spacial score (nSPS) is 16.9. The van der Waals surface area contributed by atoms with Crippen molar-refractivity contribution in [1.82, 2.24) is 15.0 Å². The van der Waals surface area contributed by atoms with E-state index in [-0.39, 0.29) is 11.9 Å². The lowest BCUT2D eigenvalue weighted by Crippen LogP contribution is -2.24. The molecule has 4 nitrogen and oxygen atoms in total. The van der Waals surface area contributed by atoms with E-state index in [0.717, 1.165) is 46.5 Å². The van der Waals surface area contributed by atoms with Gasteiger partial charge in [-0.3, -0.25) is 4.98 Å². The van der Waals surface area contributed by atoms with E-state index < -0.39 is 0 Å². The molecule has 0 unspecified atom stereocenters. The predicted molar refractivity (Wildman–Crippen MR) is 106 cm³/mol. The molecule has 3 aromatic heterocycles. The minimum absolute atomic E-state index is 0.231. The van der Waals surface area contributed by atoms with Gasteiger partial charge in [0.1, 0.15) is 22.8 Å². The fraction of sp³-hybridized carbons (Fsp3) is 0.190. The first-order valence-electron chi connectivity index (χ1n) is 8.96. The van der Waals surface area contributed by atoms with Gasteiger partial charge in [-0.2, -0.15) is 0 Å². The quantitative estimate of drug-likeness (QED) is 0.491. The number of hydrogen-bond acceptors (Lipinski definition) is 5. The Hall–Kier alpha value is -2.86.